The Morgan fingerprint density at radius 2 is 2.13 bits per heavy atom. The Morgan fingerprint density at radius 3 is 2.67 bits per heavy atom. The van der Waals surface area contributed by atoms with E-state index < -0.39 is 0 Å². The maximum Gasteiger partial charge on any atom is 0.0710 e. The molecule has 1 unspecified atom stereocenters. The number of ether oxygens (including phenoxy) is 1. The molecule has 88 valence electrons. The summed E-state index contributed by atoms with van der Waals surface area (Å²) in [7, 11) is 1.82. The fourth-order valence-electron chi connectivity index (χ4n) is 3.16. The second-order valence-electron chi connectivity index (χ2n) is 5.29. The Balaban J connectivity index is 1.85. The molecule has 1 saturated heterocycles. The van der Waals surface area contributed by atoms with Crippen LogP contribution in [0.3, 0.4) is 0 Å². The van der Waals surface area contributed by atoms with Gasteiger partial charge in [-0.05, 0) is 31.2 Å². The predicted octanol–water partition coefficient (Wildman–Crippen LogP) is 1.23. The fourth-order valence-corrected chi connectivity index (χ4v) is 3.16. The average Bonchev–Trinajstić information content (AvgIpc) is 2.88. The van der Waals surface area contributed by atoms with E-state index in [-0.39, 0.29) is 0 Å². The minimum atomic E-state index is 0.433. The minimum absolute atomic E-state index is 0.433. The van der Waals surface area contributed by atoms with Crippen molar-refractivity contribution < 1.29 is 4.74 Å². The SMILES string of the molecule is COC1CCN(CC2(CN)CCCC2)C1. The number of rotatable bonds is 4. The summed E-state index contributed by atoms with van der Waals surface area (Å²) in [6.45, 7) is 4.36. The van der Waals surface area contributed by atoms with E-state index in [0.717, 1.165) is 13.1 Å². The van der Waals surface area contributed by atoms with Crippen molar-refractivity contribution in [2.24, 2.45) is 11.1 Å². The molecular weight excluding hydrogens is 188 g/mol. The highest BCUT2D eigenvalue weighted by Crippen LogP contribution is 2.38. The highest BCUT2D eigenvalue weighted by molar-refractivity contribution is 4.90. The third-order valence-corrected chi connectivity index (χ3v) is 4.22. The Labute approximate surface area is 93.0 Å². The van der Waals surface area contributed by atoms with Crippen LogP contribution in [0.4, 0.5) is 0 Å². The third-order valence-electron chi connectivity index (χ3n) is 4.22. The molecule has 0 bridgehead atoms. The maximum atomic E-state index is 5.96. The summed E-state index contributed by atoms with van der Waals surface area (Å²) in [6.07, 6.45) is 7.06. The quantitative estimate of drug-likeness (QED) is 0.761. The number of methoxy groups -OCH3 is 1. The van der Waals surface area contributed by atoms with Crippen LogP contribution in [0.15, 0.2) is 0 Å². The summed E-state index contributed by atoms with van der Waals surface area (Å²) >= 11 is 0. The van der Waals surface area contributed by atoms with Crippen molar-refractivity contribution >= 4 is 0 Å². The molecule has 2 aliphatic rings. The molecule has 0 aromatic carbocycles. The summed E-state index contributed by atoms with van der Waals surface area (Å²) in [5.74, 6) is 0. The van der Waals surface area contributed by atoms with Gasteiger partial charge in [-0.15, -0.1) is 0 Å². The van der Waals surface area contributed by atoms with Crippen molar-refractivity contribution in [2.75, 3.05) is 33.3 Å². The van der Waals surface area contributed by atoms with Crippen molar-refractivity contribution in [3.63, 3.8) is 0 Å². The first kappa shape index (κ1) is 11.4. The predicted molar refractivity (Wildman–Crippen MR) is 61.8 cm³/mol. The van der Waals surface area contributed by atoms with E-state index in [0.29, 0.717) is 11.5 Å². The van der Waals surface area contributed by atoms with E-state index in [1.807, 2.05) is 7.11 Å². The molecule has 3 heteroatoms. The van der Waals surface area contributed by atoms with E-state index in [1.165, 1.54) is 45.2 Å². The molecule has 0 amide bonds. The van der Waals surface area contributed by atoms with E-state index in [2.05, 4.69) is 4.90 Å². The Morgan fingerprint density at radius 1 is 1.40 bits per heavy atom. The zero-order valence-electron chi connectivity index (χ0n) is 9.87. The fraction of sp³-hybridized carbons (Fsp3) is 1.00. The average molecular weight is 212 g/mol. The molecule has 1 saturated carbocycles. The lowest BCUT2D eigenvalue weighted by molar-refractivity contribution is 0.0984. The van der Waals surface area contributed by atoms with Crippen molar-refractivity contribution in [1.29, 1.82) is 0 Å². The molecule has 0 spiro atoms. The normalized spacial score (nSPS) is 31.2. The summed E-state index contributed by atoms with van der Waals surface area (Å²) in [6, 6.07) is 0. The van der Waals surface area contributed by atoms with Gasteiger partial charge in [0.2, 0.25) is 0 Å². The van der Waals surface area contributed by atoms with Crippen LogP contribution >= 0.6 is 0 Å². The summed E-state index contributed by atoms with van der Waals surface area (Å²) in [4.78, 5) is 2.55. The highest BCUT2D eigenvalue weighted by Gasteiger charge is 2.36. The van der Waals surface area contributed by atoms with Gasteiger partial charge < -0.3 is 15.4 Å². The van der Waals surface area contributed by atoms with Crippen LogP contribution in [0, 0.1) is 5.41 Å². The molecule has 2 rings (SSSR count). The number of likely N-dealkylation sites (tertiary alicyclic amines) is 1. The Bertz CT molecular complexity index is 202. The van der Waals surface area contributed by atoms with Crippen LogP contribution in [0.2, 0.25) is 0 Å². The van der Waals surface area contributed by atoms with Crippen molar-refractivity contribution in [3.05, 3.63) is 0 Å². The van der Waals surface area contributed by atoms with Crippen LogP contribution in [0.5, 0.6) is 0 Å². The third kappa shape index (κ3) is 2.52. The molecule has 1 atom stereocenters. The first-order chi connectivity index (χ1) is 7.28. The minimum Gasteiger partial charge on any atom is -0.380 e. The topological polar surface area (TPSA) is 38.5 Å². The monoisotopic (exact) mass is 212 g/mol. The summed E-state index contributed by atoms with van der Waals surface area (Å²) in [5, 5.41) is 0. The molecular formula is C12H24N2O. The standard InChI is InChI=1S/C12H24N2O/c1-15-11-4-7-14(8-11)10-12(9-13)5-2-3-6-12/h11H,2-10,13H2,1H3. The van der Waals surface area contributed by atoms with Crippen LogP contribution in [0.1, 0.15) is 32.1 Å². The van der Waals surface area contributed by atoms with E-state index in [9.17, 15) is 0 Å². The first-order valence-corrected chi connectivity index (χ1v) is 6.23. The van der Waals surface area contributed by atoms with E-state index >= 15 is 0 Å². The Kier molecular flexibility index (Phi) is 3.65. The molecule has 15 heavy (non-hydrogen) atoms. The number of hydrogen-bond donors (Lipinski definition) is 1. The second-order valence-corrected chi connectivity index (χ2v) is 5.29. The van der Waals surface area contributed by atoms with Gasteiger partial charge in [0.1, 0.15) is 0 Å². The molecule has 0 aromatic rings. The van der Waals surface area contributed by atoms with Crippen LogP contribution in [-0.4, -0.2) is 44.3 Å². The maximum absolute atomic E-state index is 5.96. The van der Waals surface area contributed by atoms with Crippen LogP contribution < -0.4 is 5.73 Å². The lowest BCUT2D eigenvalue weighted by Gasteiger charge is -2.32. The van der Waals surface area contributed by atoms with Crippen molar-refractivity contribution in [1.82, 2.24) is 4.90 Å². The summed E-state index contributed by atoms with van der Waals surface area (Å²) < 4.78 is 5.40. The van der Waals surface area contributed by atoms with E-state index in [4.69, 9.17) is 10.5 Å². The van der Waals surface area contributed by atoms with Gasteiger partial charge in [-0.3, -0.25) is 0 Å². The Hall–Kier alpha value is -0.120. The molecule has 0 aromatic heterocycles. The number of nitrogens with two attached hydrogens (primary N) is 1. The van der Waals surface area contributed by atoms with Gasteiger partial charge in [0.05, 0.1) is 6.10 Å². The largest absolute Gasteiger partial charge is 0.380 e. The lowest BCUT2D eigenvalue weighted by Crippen LogP contribution is -2.40. The zero-order valence-corrected chi connectivity index (χ0v) is 9.87. The van der Waals surface area contributed by atoms with Crippen LogP contribution in [0.25, 0.3) is 0 Å². The van der Waals surface area contributed by atoms with Gasteiger partial charge >= 0.3 is 0 Å². The lowest BCUT2D eigenvalue weighted by atomic mass is 9.86. The van der Waals surface area contributed by atoms with Gasteiger partial charge in [-0.25, -0.2) is 0 Å². The number of nitrogens with zero attached hydrogens (tertiary/aromatic N) is 1. The van der Waals surface area contributed by atoms with Gasteiger partial charge in [0.25, 0.3) is 0 Å². The second kappa shape index (κ2) is 4.81. The first-order valence-electron chi connectivity index (χ1n) is 6.23. The van der Waals surface area contributed by atoms with Gasteiger partial charge in [-0.2, -0.15) is 0 Å². The highest BCUT2D eigenvalue weighted by atomic mass is 16.5. The van der Waals surface area contributed by atoms with Gasteiger partial charge in [0, 0.05) is 26.7 Å². The van der Waals surface area contributed by atoms with Crippen molar-refractivity contribution in [2.45, 2.75) is 38.2 Å². The van der Waals surface area contributed by atoms with Crippen LogP contribution in [-0.2, 0) is 4.74 Å². The molecule has 1 heterocycles. The number of hydrogen-bond acceptors (Lipinski definition) is 3. The summed E-state index contributed by atoms with van der Waals surface area (Å²) in [5.41, 5.74) is 6.39. The smallest absolute Gasteiger partial charge is 0.0710 e. The van der Waals surface area contributed by atoms with Gasteiger partial charge in [0.15, 0.2) is 0 Å². The molecule has 3 nitrogen and oxygen atoms in total. The molecule has 0 radical (unpaired) electrons. The molecule has 1 aliphatic carbocycles. The van der Waals surface area contributed by atoms with Gasteiger partial charge in [-0.1, -0.05) is 12.8 Å². The zero-order chi connectivity index (χ0) is 10.7. The molecule has 2 N–H and O–H groups in total. The molecule has 2 fully saturated rings. The molecule has 1 aliphatic heterocycles. The van der Waals surface area contributed by atoms with E-state index in [1.54, 1.807) is 0 Å². The van der Waals surface area contributed by atoms with Crippen molar-refractivity contribution in [3.8, 4) is 0 Å².